The molecular formula is C78H129NO8P+. The summed E-state index contributed by atoms with van der Waals surface area (Å²) in [5, 5.41) is 0. The molecule has 2 unspecified atom stereocenters. The van der Waals surface area contributed by atoms with Crippen LogP contribution in [0, 0.1) is 0 Å². The van der Waals surface area contributed by atoms with E-state index in [1.54, 1.807) is 0 Å². The van der Waals surface area contributed by atoms with Crippen molar-refractivity contribution in [1.82, 2.24) is 0 Å². The molecule has 498 valence electrons. The number of ether oxygens (including phenoxy) is 2. The zero-order valence-corrected chi connectivity index (χ0v) is 57.5. The van der Waals surface area contributed by atoms with Crippen LogP contribution in [0.4, 0.5) is 0 Å². The third kappa shape index (κ3) is 70.5. The first-order valence-corrected chi connectivity index (χ1v) is 36.4. The predicted molar refractivity (Wildman–Crippen MR) is 380 cm³/mol. The minimum Gasteiger partial charge on any atom is -0.462 e. The number of allylic oxidation sites excluding steroid dienone is 28. The van der Waals surface area contributed by atoms with Crippen LogP contribution in [0.2, 0.25) is 0 Å². The monoisotopic (exact) mass is 1240 g/mol. The molecular weight excluding hydrogens is 1110 g/mol. The van der Waals surface area contributed by atoms with Crippen molar-refractivity contribution in [2.45, 2.75) is 264 Å². The summed E-state index contributed by atoms with van der Waals surface area (Å²) in [6.07, 6.45) is 102. The second-order valence-electron chi connectivity index (χ2n) is 23.8. The summed E-state index contributed by atoms with van der Waals surface area (Å²) in [6, 6.07) is 0. The number of quaternary nitrogens is 1. The highest BCUT2D eigenvalue weighted by Gasteiger charge is 2.27. The largest absolute Gasteiger partial charge is 0.472 e. The van der Waals surface area contributed by atoms with Gasteiger partial charge in [-0.05, 0) is 128 Å². The van der Waals surface area contributed by atoms with E-state index >= 15 is 0 Å². The Hall–Kier alpha value is -4.63. The van der Waals surface area contributed by atoms with Crippen molar-refractivity contribution in [3.63, 3.8) is 0 Å². The number of phosphoric acid groups is 1. The number of esters is 2. The van der Waals surface area contributed by atoms with Gasteiger partial charge >= 0.3 is 19.8 Å². The van der Waals surface area contributed by atoms with Gasteiger partial charge in [0.25, 0.3) is 0 Å². The topological polar surface area (TPSA) is 108 Å². The Morgan fingerprint density at radius 2 is 0.614 bits per heavy atom. The van der Waals surface area contributed by atoms with E-state index in [-0.39, 0.29) is 26.1 Å². The maximum absolute atomic E-state index is 12.9. The summed E-state index contributed by atoms with van der Waals surface area (Å²) in [6.45, 7) is 4.16. The molecule has 9 nitrogen and oxygen atoms in total. The van der Waals surface area contributed by atoms with E-state index in [2.05, 4.69) is 184 Å². The summed E-state index contributed by atoms with van der Waals surface area (Å²) in [4.78, 5) is 35.8. The zero-order valence-electron chi connectivity index (χ0n) is 56.6. The molecule has 0 saturated carbocycles. The van der Waals surface area contributed by atoms with Gasteiger partial charge in [0.05, 0.1) is 27.7 Å². The highest BCUT2D eigenvalue weighted by molar-refractivity contribution is 7.47. The van der Waals surface area contributed by atoms with Crippen molar-refractivity contribution in [3.8, 4) is 0 Å². The van der Waals surface area contributed by atoms with Crippen LogP contribution in [0.25, 0.3) is 0 Å². The molecule has 2 atom stereocenters. The minimum atomic E-state index is -4.41. The van der Waals surface area contributed by atoms with Crippen molar-refractivity contribution < 1.29 is 42.1 Å². The number of phosphoric ester groups is 1. The van der Waals surface area contributed by atoms with Crippen LogP contribution < -0.4 is 0 Å². The van der Waals surface area contributed by atoms with Gasteiger partial charge < -0.3 is 18.9 Å². The molecule has 0 fully saturated rings. The number of hydrogen-bond donors (Lipinski definition) is 1. The minimum absolute atomic E-state index is 0.0182. The predicted octanol–water partition coefficient (Wildman–Crippen LogP) is 22.9. The standard InChI is InChI=1S/C78H128NO8P/c1-6-8-10-12-14-16-18-20-22-24-26-28-30-32-33-34-35-36-37-38-39-40-41-42-43-44-45-47-49-51-53-55-57-59-61-63-65-67-69-71-78(81)87-76(75-86-88(82,83)85-73-72-79(3,4)5)74-84-77(80)70-68-66-64-62-60-58-56-54-52-50-48-46-31-29-27-25-23-21-19-17-15-13-11-9-7-2/h8-11,14-17,20-23,26-29,32-33,35-36,38-39,46,48,52,54,58,60,76H,6-7,12-13,18-19,24-25,30-31,34,37,40-45,47,49-51,53,55-57,59,61-75H2,1-5H3/p+1/b10-8-,11-9-,16-14-,17-15-,22-20-,23-21-,28-26-,29-27-,33-32-,36-35-,39-38-,48-46-,54-52-,60-58-. The Labute approximate surface area is 540 Å². The first-order chi connectivity index (χ1) is 43.0. The molecule has 0 spiro atoms. The van der Waals surface area contributed by atoms with Gasteiger partial charge in [0, 0.05) is 12.8 Å². The average molecular weight is 1240 g/mol. The molecule has 10 heteroatoms. The van der Waals surface area contributed by atoms with Crippen LogP contribution in [0.1, 0.15) is 258 Å². The summed E-state index contributed by atoms with van der Waals surface area (Å²) >= 11 is 0. The van der Waals surface area contributed by atoms with Gasteiger partial charge in [-0.2, -0.15) is 0 Å². The van der Waals surface area contributed by atoms with Crippen LogP contribution in [0.5, 0.6) is 0 Å². The molecule has 0 aliphatic carbocycles. The lowest BCUT2D eigenvalue weighted by Gasteiger charge is -2.24. The normalized spacial score (nSPS) is 14.2. The third-order valence-electron chi connectivity index (χ3n) is 14.2. The van der Waals surface area contributed by atoms with E-state index < -0.39 is 32.5 Å². The molecule has 1 N–H and O–H groups in total. The quantitative estimate of drug-likeness (QED) is 0.0211. The Balaban J connectivity index is 4.10. The fourth-order valence-electron chi connectivity index (χ4n) is 8.98. The Kier molecular flexibility index (Phi) is 63.3. The lowest BCUT2D eigenvalue weighted by Crippen LogP contribution is -2.37. The van der Waals surface area contributed by atoms with E-state index in [1.165, 1.54) is 89.9 Å². The Morgan fingerprint density at radius 1 is 0.352 bits per heavy atom. The maximum atomic E-state index is 12.9. The SMILES string of the molecule is CC/C=C\C/C=C\C/C=C\C/C=C\C/C=C\C/C=C\C/C=C\CCCCCCCCCCCCCCCCCCCC(=O)OC(COC(=O)CCCCC/C=C\C/C=C\C/C=C\C/C=C\C/C=C\C/C=C\C/C=C\CC)COP(=O)(O)OCC[N+](C)(C)C. The number of nitrogens with zero attached hydrogens (tertiary/aromatic N) is 1. The van der Waals surface area contributed by atoms with Crippen LogP contribution in [0.3, 0.4) is 0 Å². The first-order valence-electron chi connectivity index (χ1n) is 34.9. The fourth-order valence-corrected chi connectivity index (χ4v) is 9.72. The maximum Gasteiger partial charge on any atom is 0.472 e. The highest BCUT2D eigenvalue weighted by atomic mass is 31.2. The van der Waals surface area contributed by atoms with E-state index in [4.69, 9.17) is 18.5 Å². The van der Waals surface area contributed by atoms with Gasteiger partial charge in [0.1, 0.15) is 19.8 Å². The summed E-state index contributed by atoms with van der Waals surface area (Å²) in [7, 11) is 1.44. The fraction of sp³-hybridized carbons (Fsp3) is 0.615. The van der Waals surface area contributed by atoms with E-state index in [0.29, 0.717) is 23.9 Å². The Morgan fingerprint density at radius 3 is 0.920 bits per heavy atom. The molecule has 0 aromatic rings. The van der Waals surface area contributed by atoms with Gasteiger partial charge in [0.15, 0.2) is 6.10 Å². The first kappa shape index (κ1) is 83.4. The number of unbranched alkanes of at least 4 members (excludes halogenated alkanes) is 20. The van der Waals surface area contributed by atoms with E-state index in [1.807, 2.05) is 21.1 Å². The molecule has 0 amide bonds. The molecule has 0 aliphatic rings. The van der Waals surface area contributed by atoms with Crippen molar-refractivity contribution >= 4 is 19.8 Å². The van der Waals surface area contributed by atoms with Gasteiger partial charge in [-0.3, -0.25) is 18.6 Å². The molecule has 0 radical (unpaired) electrons. The summed E-state index contributed by atoms with van der Waals surface area (Å²) < 4.78 is 34.7. The highest BCUT2D eigenvalue weighted by Crippen LogP contribution is 2.43. The van der Waals surface area contributed by atoms with E-state index in [9.17, 15) is 19.0 Å². The van der Waals surface area contributed by atoms with Crippen molar-refractivity contribution in [3.05, 3.63) is 170 Å². The smallest absolute Gasteiger partial charge is 0.462 e. The van der Waals surface area contributed by atoms with Crippen LogP contribution >= 0.6 is 7.82 Å². The number of carbonyl (C=O) groups is 2. The second-order valence-corrected chi connectivity index (χ2v) is 25.3. The van der Waals surface area contributed by atoms with E-state index in [0.717, 1.165) is 128 Å². The lowest BCUT2D eigenvalue weighted by molar-refractivity contribution is -0.870. The van der Waals surface area contributed by atoms with Crippen molar-refractivity contribution in [2.75, 3.05) is 47.5 Å². The van der Waals surface area contributed by atoms with Gasteiger partial charge in [-0.15, -0.1) is 0 Å². The van der Waals surface area contributed by atoms with Gasteiger partial charge in [-0.25, -0.2) is 4.57 Å². The van der Waals surface area contributed by atoms with Crippen LogP contribution in [-0.4, -0.2) is 74.9 Å². The number of hydrogen-bond acceptors (Lipinski definition) is 7. The van der Waals surface area contributed by atoms with Gasteiger partial charge in [0.2, 0.25) is 0 Å². The van der Waals surface area contributed by atoms with Gasteiger partial charge in [-0.1, -0.05) is 287 Å². The molecule has 0 saturated heterocycles. The molecule has 0 heterocycles. The third-order valence-corrected chi connectivity index (χ3v) is 15.2. The number of rotatable bonds is 62. The molecule has 88 heavy (non-hydrogen) atoms. The average Bonchev–Trinajstić information content (AvgIpc) is 3.68. The summed E-state index contributed by atoms with van der Waals surface area (Å²) in [5.41, 5.74) is 0. The molecule has 0 bridgehead atoms. The lowest BCUT2D eigenvalue weighted by atomic mass is 10.0. The second kappa shape index (κ2) is 66.8. The molecule has 0 rings (SSSR count). The van der Waals surface area contributed by atoms with Crippen molar-refractivity contribution in [2.24, 2.45) is 0 Å². The van der Waals surface area contributed by atoms with Crippen molar-refractivity contribution in [1.29, 1.82) is 0 Å². The molecule has 0 aliphatic heterocycles. The number of carbonyl (C=O) groups excluding carboxylic acids is 2. The molecule has 0 aromatic heterocycles. The van der Waals surface area contributed by atoms with Crippen LogP contribution in [0.15, 0.2) is 170 Å². The van der Waals surface area contributed by atoms with Crippen LogP contribution in [-0.2, 0) is 32.7 Å². The number of likely N-dealkylation sites (N-methyl/N-ethyl adjacent to an activating group) is 1. The Bertz CT molecular complexity index is 2090. The molecule has 0 aromatic carbocycles. The zero-order chi connectivity index (χ0) is 64.1. The summed E-state index contributed by atoms with van der Waals surface area (Å²) in [5.74, 6) is -0.842.